The van der Waals surface area contributed by atoms with E-state index < -0.39 is 0 Å². The number of aromatic amines is 1. The Kier molecular flexibility index (Phi) is 2.22. The Balaban J connectivity index is 2.26. The van der Waals surface area contributed by atoms with Crippen molar-refractivity contribution in [2.24, 2.45) is 0 Å². The minimum Gasteiger partial charge on any atom is -0.508 e. The molecule has 0 atom stereocenters. The van der Waals surface area contributed by atoms with Crippen molar-refractivity contribution in [1.29, 1.82) is 0 Å². The van der Waals surface area contributed by atoms with Crippen LogP contribution in [0.2, 0.25) is 0 Å². The molecule has 3 rings (SSSR count). The van der Waals surface area contributed by atoms with Gasteiger partial charge in [0.05, 0.1) is 5.56 Å². The van der Waals surface area contributed by atoms with Crippen LogP contribution >= 0.6 is 0 Å². The Morgan fingerprint density at radius 2 is 2.17 bits per heavy atom. The number of fused-ring (bicyclic) bond motifs is 1. The standard InChI is InChI=1S/C12H12N4O2/c1-6-10(11-15-16-12(13-2)18-11)8-5-7(17)3-4-9(8)14-6/h3-5,14,17H,1-2H3,(H,13,16). The van der Waals surface area contributed by atoms with Crippen LogP contribution in [0.25, 0.3) is 22.4 Å². The molecule has 0 aliphatic carbocycles. The first-order valence-electron chi connectivity index (χ1n) is 5.52. The Morgan fingerprint density at radius 3 is 2.89 bits per heavy atom. The Labute approximate surface area is 103 Å². The fourth-order valence-electron chi connectivity index (χ4n) is 2.02. The summed E-state index contributed by atoms with van der Waals surface area (Å²) in [6.45, 7) is 1.93. The van der Waals surface area contributed by atoms with Gasteiger partial charge in [-0.15, -0.1) is 5.10 Å². The van der Waals surface area contributed by atoms with E-state index in [2.05, 4.69) is 20.5 Å². The van der Waals surface area contributed by atoms with Gasteiger partial charge in [-0.25, -0.2) is 0 Å². The van der Waals surface area contributed by atoms with Crippen molar-refractivity contribution in [3.8, 4) is 17.2 Å². The van der Waals surface area contributed by atoms with Crippen LogP contribution in [-0.2, 0) is 0 Å². The van der Waals surface area contributed by atoms with Crippen molar-refractivity contribution in [2.75, 3.05) is 12.4 Å². The number of hydrogen-bond donors (Lipinski definition) is 3. The number of aromatic hydroxyl groups is 1. The average molecular weight is 244 g/mol. The topological polar surface area (TPSA) is 87.0 Å². The summed E-state index contributed by atoms with van der Waals surface area (Å²) < 4.78 is 5.47. The number of nitrogens with one attached hydrogen (secondary N) is 2. The van der Waals surface area contributed by atoms with Gasteiger partial charge in [-0.1, -0.05) is 5.10 Å². The monoisotopic (exact) mass is 244 g/mol. The quantitative estimate of drug-likeness (QED) is 0.643. The van der Waals surface area contributed by atoms with Gasteiger partial charge in [0.1, 0.15) is 5.75 Å². The van der Waals surface area contributed by atoms with Gasteiger partial charge in [-0.05, 0) is 25.1 Å². The van der Waals surface area contributed by atoms with Crippen molar-refractivity contribution < 1.29 is 9.52 Å². The maximum absolute atomic E-state index is 9.57. The number of nitrogens with zero attached hydrogens (tertiary/aromatic N) is 2. The van der Waals surface area contributed by atoms with Gasteiger partial charge < -0.3 is 19.8 Å². The molecular formula is C12H12N4O2. The average Bonchev–Trinajstić information content (AvgIpc) is 2.92. The van der Waals surface area contributed by atoms with E-state index in [1.165, 1.54) is 0 Å². The van der Waals surface area contributed by atoms with Crippen LogP contribution in [0, 0.1) is 6.92 Å². The van der Waals surface area contributed by atoms with E-state index in [-0.39, 0.29) is 5.75 Å². The second kappa shape index (κ2) is 3.76. The summed E-state index contributed by atoms with van der Waals surface area (Å²) in [5.74, 6) is 0.629. The molecule has 0 radical (unpaired) electrons. The zero-order valence-corrected chi connectivity index (χ0v) is 9.98. The van der Waals surface area contributed by atoms with Gasteiger partial charge in [0.2, 0.25) is 0 Å². The van der Waals surface area contributed by atoms with Crippen LogP contribution < -0.4 is 5.32 Å². The van der Waals surface area contributed by atoms with Gasteiger partial charge in [0.25, 0.3) is 5.89 Å². The molecule has 2 heterocycles. The molecule has 6 nitrogen and oxygen atoms in total. The van der Waals surface area contributed by atoms with Gasteiger partial charge in [0.15, 0.2) is 0 Å². The van der Waals surface area contributed by atoms with Crippen molar-refractivity contribution in [3.05, 3.63) is 23.9 Å². The fraction of sp³-hybridized carbons (Fsp3) is 0.167. The third-order valence-corrected chi connectivity index (χ3v) is 2.82. The zero-order valence-electron chi connectivity index (χ0n) is 9.98. The molecule has 3 aromatic rings. The fourth-order valence-corrected chi connectivity index (χ4v) is 2.02. The first-order valence-corrected chi connectivity index (χ1v) is 5.52. The number of phenolic OH excluding ortho intramolecular Hbond substituents is 1. The normalized spacial score (nSPS) is 11.0. The van der Waals surface area contributed by atoms with E-state index in [0.29, 0.717) is 11.9 Å². The number of hydrogen-bond acceptors (Lipinski definition) is 5. The maximum atomic E-state index is 9.57. The molecule has 18 heavy (non-hydrogen) atoms. The maximum Gasteiger partial charge on any atom is 0.315 e. The van der Waals surface area contributed by atoms with E-state index in [0.717, 1.165) is 22.2 Å². The largest absolute Gasteiger partial charge is 0.508 e. The van der Waals surface area contributed by atoms with Crippen LogP contribution in [0.3, 0.4) is 0 Å². The molecule has 0 aliphatic rings. The molecule has 0 spiro atoms. The molecular weight excluding hydrogens is 232 g/mol. The van der Waals surface area contributed by atoms with Crippen molar-refractivity contribution in [2.45, 2.75) is 6.92 Å². The van der Waals surface area contributed by atoms with Gasteiger partial charge >= 0.3 is 6.01 Å². The van der Waals surface area contributed by atoms with Crippen molar-refractivity contribution in [1.82, 2.24) is 15.2 Å². The Morgan fingerprint density at radius 1 is 1.33 bits per heavy atom. The van der Waals surface area contributed by atoms with Gasteiger partial charge in [-0.3, -0.25) is 0 Å². The van der Waals surface area contributed by atoms with Crippen LogP contribution in [0.4, 0.5) is 6.01 Å². The summed E-state index contributed by atoms with van der Waals surface area (Å²) in [5.41, 5.74) is 2.65. The lowest BCUT2D eigenvalue weighted by Crippen LogP contribution is -1.85. The number of aryl methyl sites for hydroxylation is 1. The predicted octanol–water partition coefficient (Wildman–Crippen LogP) is 2.27. The van der Waals surface area contributed by atoms with E-state index in [9.17, 15) is 5.11 Å². The van der Waals surface area contributed by atoms with Crippen LogP contribution in [0.15, 0.2) is 22.6 Å². The molecule has 0 aliphatic heterocycles. The highest BCUT2D eigenvalue weighted by atomic mass is 16.4. The first-order chi connectivity index (χ1) is 8.69. The minimum atomic E-state index is 0.205. The molecule has 0 amide bonds. The van der Waals surface area contributed by atoms with Crippen LogP contribution in [0.5, 0.6) is 5.75 Å². The number of benzene rings is 1. The minimum absolute atomic E-state index is 0.205. The van der Waals surface area contributed by atoms with Crippen molar-refractivity contribution in [3.63, 3.8) is 0 Å². The molecule has 0 bridgehead atoms. The second-order valence-corrected chi connectivity index (χ2v) is 4.02. The lowest BCUT2D eigenvalue weighted by molar-refractivity contribution is 0.476. The highest BCUT2D eigenvalue weighted by Crippen LogP contribution is 2.33. The summed E-state index contributed by atoms with van der Waals surface area (Å²) >= 11 is 0. The molecule has 1 aromatic carbocycles. The number of H-pyrrole nitrogens is 1. The van der Waals surface area contributed by atoms with Crippen molar-refractivity contribution >= 4 is 16.9 Å². The van der Waals surface area contributed by atoms with E-state index in [1.807, 2.05) is 13.0 Å². The molecule has 2 aromatic heterocycles. The molecule has 92 valence electrons. The molecule has 0 saturated heterocycles. The van der Waals surface area contributed by atoms with Gasteiger partial charge in [-0.2, -0.15) is 0 Å². The Hall–Kier alpha value is -2.50. The second-order valence-electron chi connectivity index (χ2n) is 4.02. The van der Waals surface area contributed by atoms with Gasteiger partial charge in [0, 0.05) is 23.6 Å². The van der Waals surface area contributed by atoms with Crippen LogP contribution in [-0.4, -0.2) is 27.3 Å². The van der Waals surface area contributed by atoms with E-state index >= 15 is 0 Å². The highest BCUT2D eigenvalue weighted by molar-refractivity contribution is 5.96. The molecule has 0 saturated carbocycles. The first kappa shape index (κ1) is 10.6. The lowest BCUT2D eigenvalue weighted by Gasteiger charge is -1.95. The predicted molar refractivity (Wildman–Crippen MR) is 67.5 cm³/mol. The summed E-state index contributed by atoms with van der Waals surface area (Å²) in [6.07, 6.45) is 0. The molecule has 3 N–H and O–H groups in total. The summed E-state index contributed by atoms with van der Waals surface area (Å²) in [7, 11) is 1.71. The van der Waals surface area contributed by atoms with Crippen LogP contribution in [0.1, 0.15) is 5.69 Å². The highest BCUT2D eigenvalue weighted by Gasteiger charge is 2.16. The smallest absolute Gasteiger partial charge is 0.315 e. The molecule has 6 heteroatoms. The number of aromatic nitrogens is 3. The summed E-state index contributed by atoms with van der Waals surface area (Å²) in [6, 6.07) is 5.49. The SMILES string of the molecule is CNc1nnc(-c2c(C)[nH]c3ccc(O)cc23)o1. The molecule has 0 unspecified atom stereocenters. The number of anilines is 1. The third kappa shape index (κ3) is 1.50. The molecule has 0 fully saturated rings. The zero-order chi connectivity index (χ0) is 12.7. The third-order valence-electron chi connectivity index (χ3n) is 2.82. The lowest BCUT2D eigenvalue weighted by atomic mass is 10.1. The van der Waals surface area contributed by atoms with E-state index in [1.54, 1.807) is 19.2 Å². The number of phenols is 1. The van der Waals surface area contributed by atoms with E-state index in [4.69, 9.17) is 4.42 Å². The summed E-state index contributed by atoms with van der Waals surface area (Å²) in [5, 5.41) is 21.1. The number of rotatable bonds is 2. The summed E-state index contributed by atoms with van der Waals surface area (Å²) in [4.78, 5) is 3.22. The Bertz CT molecular complexity index is 714.